The predicted octanol–water partition coefficient (Wildman–Crippen LogP) is 4.46. The van der Waals surface area contributed by atoms with Crippen molar-refractivity contribution in [3.8, 4) is 0 Å². The molecule has 140 valence electrons. The summed E-state index contributed by atoms with van der Waals surface area (Å²) >= 11 is 1.09. The predicted molar refractivity (Wildman–Crippen MR) is 102 cm³/mol. The minimum Gasteiger partial charge on any atom is -0.327 e. The second kappa shape index (κ2) is 6.53. The number of benzene rings is 1. The highest BCUT2D eigenvalue weighted by Gasteiger charge is 2.34. The second-order valence-corrected chi connectivity index (χ2v) is 7.83. The Labute approximate surface area is 163 Å². The third-order valence-electron chi connectivity index (χ3n) is 5.06. The van der Waals surface area contributed by atoms with Gasteiger partial charge in [0.1, 0.15) is 11.5 Å². The maximum atomic E-state index is 14.0. The average Bonchev–Trinajstić information content (AvgIpc) is 3.31. The highest BCUT2D eigenvalue weighted by atomic mass is 32.1. The fraction of sp³-hybridized carbons (Fsp3) is 0.143. The minimum atomic E-state index is -0.522. The van der Waals surface area contributed by atoms with E-state index in [2.05, 4.69) is 4.98 Å². The summed E-state index contributed by atoms with van der Waals surface area (Å²) < 4.78 is 29.7. The van der Waals surface area contributed by atoms with Gasteiger partial charge in [-0.2, -0.15) is 4.39 Å². The molecule has 0 spiro atoms. The van der Waals surface area contributed by atoms with Crippen LogP contribution < -0.4 is 0 Å². The van der Waals surface area contributed by atoms with E-state index in [9.17, 15) is 13.6 Å². The molecule has 28 heavy (non-hydrogen) atoms. The second-order valence-electron chi connectivity index (χ2n) is 6.75. The molecule has 4 heterocycles. The fourth-order valence-corrected chi connectivity index (χ4v) is 4.72. The summed E-state index contributed by atoms with van der Waals surface area (Å²) in [5.74, 6) is -0.560. The number of carbonyl (C=O) groups excluding carboxylic acids is 1. The first-order chi connectivity index (χ1) is 13.6. The first-order valence-electron chi connectivity index (χ1n) is 8.87. The summed E-state index contributed by atoms with van der Waals surface area (Å²) in [4.78, 5) is 20.2. The minimum absolute atomic E-state index is 0.179. The van der Waals surface area contributed by atoms with Crippen molar-refractivity contribution in [1.29, 1.82) is 0 Å². The Morgan fingerprint density at radius 3 is 2.93 bits per heavy atom. The van der Waals surface area contributed by atoms with Crippen molar-refractivity contribution in [2.75, 3.05) is 6.54 Å². The smallest absolute Gasteiger partial charge is 0.256 e. The van der Waals surface area contributed by atoms with Gasteiger partial charge in [-0.3, -0.25) is 4.79 Å². The normalized spacial score (nSPS) is 16.4. The zero-order valence-corrected chi connectivity index (χ0v) is 15.5. The van der Waals surface area contributed by atoms with E-state index in [0.717, 1.165) is 27.4 Å². The largest absolute Gasteiger partial charge is 0.327 e. The van der Waals surface area contributed by atoms with Crippen molar-refractivity contribution >= 4 is 22.9 Å². The quantitative estimate of drug-likeness (QED) is 0.503. The molecule has 0 radical (unpaired) electrons. The van der Waals surface area contributed by atoms with Gasteiger partial charge in [0.25, 0.3) is 5.91 Å². The summed E-state index contributed by atoms with van der Waals surface area (Å²) in [6.07, 6.45) is 5.75. The molecule has 0 saturated carbocycles. The van der Waals surface area contributed by atoms with Gasteiger partial charge in [-0.25, -0.2) is 9.37 Å². The maximum absolute atomic E-state index is 14.0. The number of carbonyl (C=O) groups is 1. The SMILES string of the molecule is O=C(c1ccc2nccn2c1)N1CCc2sc(F)cc2C1c1cccc(F)c1. The molecule has 0 fully saturated rings. The van der Waals surface area contributed by atoms with Crippen molar-refractivity contribution < 1.29 is 13.6 Å². The lowest BCUT2D eigenvalue weighted by Gasteiger charge is -2.36. The van der Waals surface area contributed by atoms with Gasteiger partial charge >= 0.3 is 0 Å². The van der Waals surface area contributed by atoms with Crippen LogP contribution in [0.15, 0.2) is 61.1 Å². The number of imidazole rings is 1. The molecule has 0 aliphatic carbocycles. The number of aromatic nitrogens is 2. The van der Waals surface area contributed by atoms with E-state index in [0.29, 0.717) is 24.1 Å². The molecule has 1 unspecified atom stereocenters. The molecule has 1 aliphatic rings. The van der Waals surface area contributed by atoms with Crippen LogP contribution >= 0.6 is 11.3 Å². The topological polar surface area (TPSA) is 37.6 Å². The zero-order chi connectivity index (χ0) is 19.3. The molecule has 0 saturated heterocycles. The summed E-state index contributed by atoms with van der Waals surface area (Å²) in [6.45, 7) is 0.439. The maximum Gasteiger partial charge on any atom is 0.256 e. The Morgan fingerprint density at radius 1 is 1.18 bits per heavy atom. The molecule has 4 aromatic rings. The Kier molecular flexibility index (Phi) is 3.98. The number of rotatable bonds is 2. The summed E-state index contributed by atoms with van der Waals surface area (Å²) in [5, 5.41) is -0.291. The van der Waals surface area contributed by atoms with Crippen LogP contribution in [0, 0.1) is 10.9 Å². The van der Waals surface area contributed by atoms with Crippen molar-refractivity contribution in [3.63, 3.8) is 0 Å². The highest BCUT2D eigenvalue weighted by Crippen LogP contribution is 2.39. The third-order valence-corrected chi connectivity index (χ3v) is 6.06. The van der Waals surface area contributed by atoms with Crippen LogP contribution in [0.5, 0.6) is 0 Å². The van der Waals surface area contributed by atoms with E-state index < -0.39 is 6.04 Å². The number of pyridine rings is 1. The van der Waals surface area contributed by atoms with Crippen LogP contribution in [-0.2, 0) is 6.42 Å². The van der Waals surface area contributed by atoms with Crippen molar-refractivity contribution in [3.05, 3.63) is 93.6 Å². The number of fused-ring (bicyclic) bond motifs is 2. The molecular weight excluding hydrogens is 380 g/mol. The third kappa shape index (κ3) is 2.79. The van der Waals surface area contributed by atoms with Crippen molar-refractivity contribution in [1.82, 2.24) is 14.3 Å². The molecule has 0 N–H and O–H groups in total. The molecule has 1 aliphatic heterocycles. The lowest BCUT2D eigenvalue weighted by atomic mass is 9.92. The van der Waals surface area contributed by atoms with Crippen LogP contribution in [0.1, 0.15) is 32.4 Å². The van der Waals surface area contributed by atoms with Crippen molar-refractivity contribution in [2.24, 2.45) is 0 Å². The van der Waals surface area contributed by atoms with Crippen LogP contribution in [0.4, 0.5) is 8.78 Å². The van der Waals surface area contributed by atoms with Gasteiger partial charge in [0, 0.05) is 30.0 Å². The van der Waals surface area contributed by atoms with Crippen LogP contribution in [0.25, 0.3) is 5.65 Å². The van der Waals surface area contributed by atoms with Gasteiger partial charge < -0.3 is 9.30 Å². The van der Waals surface area contributed by atoms with Gasteiger partial charge in [-0.15, -0.1) is 11.3 Å². The number of thiophene rings is 1. The van der Waals surface area contributed by atoms with E-state index in [1.54, 1.807) is 52.2 Å². The Bertz CT molecular complexity index is 1200. The Hall–Kier alpha value is -3.06. The molecule has 1 aromatic carbocycles. The molecular formula is C21H15F2N3OS. The Morgan fingerprint density at radius 2 is 2.07 bits per heavy atom. The molecule has 1 amide bonds. The van der Waals surface area contributed by atoms with Gasteiger partial charge in [-0.1, -0.05) is 12.1 Å². The standard InChI is InChI=1S/C21H15F2N3OS/c22-15-3-1-2-13(10-15)20-16-11-18(23)28-17(16)6-8-26(20)21(27)14-4-5-19-24-7-9-25(19)12-14/h1-5,7,9-12,20H,6,8H2. The lowest BCUT2D eigenvalue weighted by Crippen LogP contribution is -2.40. The van der Waals surface area contributed by atoms with E-state index in [-0.39, 0.29) is 16.9 Å². The molecule has 1 atom stereocenters. The first kappa shape index (κ1) is 17.1. The van der Waals surface area contributed by atoms with Crippen LogP contribution in [0.3, 0.4) is 0 Å². The van der Waals surface area contributed by atoms with Gasteiger partial charge in [0.15, 0.2) is 5.13 Å². The number of hydrogen-bond acceptors (Lipinski definition) is 3. The van der Waals surface area contributed by atoms with Crippen molar-refractivity contribution in [2.45, 2.75) is 12.5 Å². The van der Waals surface area contributed by atoms with E-state index in [1.807, 2.05) is 0 Å². The summed E-state index contributed by atoms with van der Waals surface area (Å²) in [5.41, 5.74) is 2.62. The van der Waals surface area contributed by atoms with E-state index >= 15 is 0 Å². The van der Waals surface area contributed by atoms with Crippen LogP contribution in [-0.4, -0.2) is 26.7 Å². The van der Waals surface area contributed by atoms with Gasteiger partial charge in [-0.05, 0) is 47.9 Å². The molecule has 5 rings (SSSR count). The van der Waals surface area contributed by atoms with Crippen LogP contribution in [0.2, 0.25) is 0 Å². The highest BCUT2D eigenvalue weighted by molar-refractivity contribution is 7.10. The molecule has 0 bridgehead atoms. The fourth-order valence-electron chi connectivity index (χ4n) is 3.82. The molecule has 4 nitrogen and oxygen atoms in total. The number of hydrogen-bond donors (Lipinski definition) is 0. The van der Waals surface area contributed by atoms with E-state index in [4.69, 9.17) is 0 Å². The summed E-state index contributed by atoms with van der Waals surface area (Å²) in [6, 6.07) is 10.6. The number of halogens is 2. The number of nitrogens with zero attached hydrogens (tertiary/aromatic N) is 3. The van der Waals surface area contributed by atoms with Gasteiger partial charge in [0.05, 0.1) is 11.6 Å². The Balaban J connectivity index is 1.61. The number of amides is 1. The first-order valence-corrected chi connectivity index (χ1v) is 9.69. The lowest BCUT2D eigenvalue weighted by molar-refractivity contribution is 0.0695. The zero-order valence-electron chi connectivity index (χ0n) is 14.7. The average molecular weight is 395 g/mol. The monoisotopic (exact) mass is 395 g/mol. The molecule has 7 heteroatoms. The van der Waals surface area contributed by atoms with Gasteiger partial charge in [0.2, 0.25) is 0 Å². The molecule has 3 aromatic heterocycles. The van der Waals surface area contributed by atoms with E-state index in [1.165, 1.54) is 18.2 Å². The summed E-state index contributed by atoms with van der Waals surface area (Å²) in [7, 11) is 0.